The van der Waals surface area contributed by atoms with Crippen molar-refractivity contribution < 1.29 is 22.9 Å². The second kappa shape index (κ2) is 22.5. The van der Waals surface area contributed by atoms with Crippen molar-refractivity contribution in [2.45, 2.75) is 103 Å². The Hall–Kier alpha value is -1.96. The van der Waals surface area contributed by atoms with Crippen LogP contribution in [0.4, 0.5) is 0 Å². The molecule has 0 aliphatic carbocycles. The summed E-state index contributed by atoms with van der Waals surface area (Å²) in [5, 5.41) is 12.9. The predicted octanol–water partition coefficient (Wildman–Crippen LogP) is 6.22. The van der Waals surface area contributed by atoms with Gasteiger partial charge in [0.1, 0.15) is 0 Å². The van der Waals surface area contributed by atoms with Crippen LogP contribution in [0.3, 0.4) is 0 Å². The second-order valence-electron chi connectivity index (χ2n) is 8.57. The van der Waals surface area contributed by atoms with Crippen molar-refractivity contribution in [1.82, 2.24) is 5.32 Å². The Morgan fingerprint density at radius 2 is 1.40 bits per heavy atom. The van der Waals surface area contributed by atoms with E-state index >= 15 is 0 Å². The van der Waals surface area contributed by atoms with Crippen LogP contribution < -0.4 is 5.32 Å². The van der Waals surface area contributed by atoms with Crippen molar-refractivity contribution in [3.63, 3.8) is 0 Å². The molecule has 200 valence electrons. The molecule has 6 nitrogen and oxygen atoms in total. The molecule has 0 aromatic heterocycles. The molecule has 7 heteroatoms. The number of amides is 1. The van der Waals surface area contributed by atoms with E-state index in [1.54, 1.807) is 6.08 Å². The van der Waals surface area contributed by atoms with Crippen LogP contribution in [0, 0.1) is 0 Å². The fourth-order valence-corrected chi connectivity index (χ4v) is 3.98. The Morgan fingerprint density at radius 1 is 0.800 bits per heavy atom. The van der Waals surface area contributed by atoms with Crippen LogP contribution in [0.1, 0.15) is 90.9 Å². The van der Waals surface area contributed by atoms with Gasteiger partial charge in [0.25, 0.3) is 10.1 Å². The maximum absolute atomic E-state index is 12.3. The minimum absolute atomic E-state index is 0.248. The Labute approximate surface area is 213 Å². The number of aliphatic hydroxyl groups excluding tert-OH is 1. The smallest absolute Gasteiger partial charge is 0.267 e. The van der Waals surface area contributed by atoms with E-state index in [2.05, 4.69) is 67.8 Å². The lowest BCUT2D eigenvalue weighted by atomic mass is 10.1. The third-order valence-corrected chi connectivity index (χ3v) is 5.94. The third kappa shape index (κ3) is 23.5. The van der Waals surface area contributed by atoms with Gasteiger partial charge in [0.15, 0.2) is 0 Å². The number of carbonyl (C=O) groups excluding carboxylic acids is 1. The van der Waals surface area contributed by atoms with Crippen molar-refractivity contribution in [1.29, 1.82) is 0 Å². The number of carbonyl (C=O) groups is 1. The van der Waals surface area contributed by atoms with E-state index in [1.807, 2.05) is 0 Å². The van der Waals surface area contributed by atoms with Gasteiger partial charge in [0.2, 0.25) is 5.91 Å². The molecule has 0 aliphatic heterocycles. The molecule has 0 heterocycles. The van der Waals surface area contributed by atoms with Crippen LogP contribution in [-0.4, -0.2) is 41.9 Å². The molecule has 0 aromatic rings. The number of hydrogen-bond acceptors (Lipinski definition) is 4. The number of allylic oxidation sites excluding steroid dienone is 9. The molecule has 0 spiro atoms. The van der Waals surface area contributed by atoms with Crippen molar-refractivity contribution in [2.75, 3.05) is 5.75 Å². The lowest BCUT2D eigenvalue weighted by Crippen LogP contribution is -2.46. The molecule has 0 saturated carbocycles. The summed E-state index contributed by atoms with van der Waals surface area (Å²) in [4.78, 5) is 12.3. The molecule has 0 aromatic carbocycles. The number of hydrogen-bond donors (Lipinski definition) is 3. The van der Waals surface area contributed by atoms with Gasteiger partial charge in [-0.25, -0.2) is 0 Å². The van der Waals surface area contributed by atoms with Crippen LogP contribution in [0.5, 0.6) is 0 Å². The van der Waals surface area contributed by atoms with Gasteiger partial charge in [-0.3, -0.25) is 9.35 Å². The van der Waals surface area contributed by atoms with E-state index in [0.717, 1.165) is 57.8 Å². The van der Waals surface area contributed by atoms with Gasteiger partial charge in [0, 0.05) is 6.42 Å². The maximum Gasteiger partial charge on any atom is 0.267 e. The van der Waals surface area contributed by atoms with E-state index in [-0.39, 0.29) is 12.3 Å². The highest BCUT2D eigenvalue weighted by Crippen LogP contribution is 2.07. The molecule has 35 heavy (non-hydrogen) atoms. The van der Waals surface area contributed by atoms with Crippen LogP contribution in [-0.2, 0) is 14.9 Å². The van der Waals surface area contributed by atoms with E-state index in [0.29, 0.717) is 12.8 Å². The van der Waals surface area contributed by atoms with Gasteiger partial charge >= 0.3 is 0 Å². The van der Waals surface area contributed by atoms with Gasteiger partial charge in [-0.15, -0.1) is 0 Å². The molecule has 1 amide bonds. The zero-order valence-electron chi connectivity index (χ0n) is 21.6. The standard InChI is InChI=1S/C28H47NO5S/c1-3-5-7-9-11-12-13-14-15-16-18-20-22-24-28(31)29-26(25-35(32,33)34)27(30)23-21-19-17-10-8-6-4-2/h5,7-8,10-12,14-15,21,23,26-27,30H,3-4,6,9,13,16-20,22,24-25H2,1-2H3,(H,29,31)(H,32,33,34)/b7-5-,10-8+,12-11-,15-14-,23-21+. The van der Waals surface area contributed by atoms with Crippen LogP contribution in [0.2, 0.25) is 0 Å². The monoisotopic (exact) mass is 509 g/mol. The molecule has 0 radical (unpaired) electrons. The largest absolute Gasteiger partial charge is 0.387 e. The first-order chi connectivity index (χ1) is 16.8. The zero-order valence-corrected chi connectivity index (χ0v) is 22.5. The number of unbranched alkanes of at least 4 members (excludes halogenated alkanes) is 5. The van der Waals surface area contributed by atoms with Crippen molar-refractivity contribution in [3.05, 3.63) is 60.8 Å². The molecule has 0 rings (SSSR count). The molecule has 0 saturated heterocycles. The fourth-order valence-electron chi connectivity index (χ4n) is 3.25. The Kier molecular flexibility index (Phi) is 21.2. The predicted molar refractivity (Wildman–Crippen MR) is 147 cm³/mol. The molecule has 0 fully saturated rings. The molecule has 0 bridgehead atoms. The number of rotatable bonds is 21. The SMILES string of the molecule is CC/C=C\C/C=C\C/C=C\CCCCCC(=O)NC(CS(=O)(=O)O)C(O)/C=C/CC/C=C/CCC. The molecule has 2 unspecified atom stereocenters. The summed E-state index contributed by atoms with van der Waals surface area (Å²) in [6, 6.07) is -1.09. The first-order valence-electron chi connectivity index (χ1n) is 13.0. The minimum Gasteiger partial charge on any atom is -0.387 e. The number of nitrogens with one attached hydrogen (secondary N) is 1. The average molecular weight is 510 g/mol. The van der Waals surface area contributed by atoms with Gasteiger partial charge in [0.05, 0.1) is 17.9 Å². The summed E-state index contributed by atoms with van der Waals surface area (Å²) in [6.07, 6.45) is 29.5. The molecule has 3 N–H and O–H groups in total. The third-order valence-electron chi connectivity index (χ3n) is 5.16. The first-order valence-corrected chi connectivity index (χ1v) is 14.6. The highest BCUT2D eigenvalue weighted by atomic mass is 32.2. The van der Waals surface area contributed by atoms with Crippen molar-refractivity contribution >= 4 is 16.0 Å². The topological polar surface area (TPSA) is 104 Å². The van der Waals surface area contributed by atoms with Gasteiger partial charge < -0.3 is 10.4 Å². The summed E-state index contributed by atoms with van der Waals surface area (Å²) in [5.74, 6) is -1.05. The normalized spacial score (nSPS) is 14.7. The van der Waals surface area contributed by atoms with Gasteiger partial charge in [-0.05, 0) is 57.8 Å². The number of aliphatic hydroxyl groups is 1. The van der Waals surface area contributed by atoms with E-state index in [1.165, 1.54) is 6.08 Å². The Balaban J connectivity index is 4.27. The van der Waals surface area contributed by atoms with E-state index < -0.39 is 28.0 Å². The van der Waals surface area contributed by atoms with Gasteiger partial charge in [-0.1, -0.05) is 87.4 Å². The first kappa shape index (κ1) is 33.0. The fraction of sp³-hybridized carbons (Fsp3) is 0.607. The van der Waals surface area contributed by atoms with Crippen molar-refractivity contribution in [2.24, 2.45) is 0 Å². The molecular weight excluding hydrogens is 462 g/mol. The zero-order chi connectivity index (χ0) is 26.2. The molecule has 2 atom stereocenters. The lowest BCUT2D eigenvalue weighted by molar-refractivity contribution is -0.122. The van der Waals surface area contributed by atoms with Crippen LogP contribution >= 0.6 is 0 Å². The maximum atomic E-state index is 12.3. The highest BCUT2D eigenvalue weighted by molar-refractivity contribution is 7.85. The lowest BCUT2D eigenvalue weighted by Gasteiger charge is -2.21. The van der Waals surface area contributed by atoms with Gasteiger partial charge in [-0.2, -0.15) is 8.42 Å². The molecule has 0 aliphatic rings. The quantitative estimate of drug-likeness (QED) is 0.0968. The summed E-state index contributed by atoms with van der Waals surface area (Å²) in [7, 11) is -4.34. The summed E-state index contributed by atoms with van der Waals surface area (Å²) >= 11 is 0. The highest BCUT2D eigenvalue weighted by Gasteiger charge is 2.24. The Bertz CT molecular complexity index is 781. The van der Waals surface area contributed by atoms with E-state index in [9.17, 15) is 22.9 Å². The Morgan fingerprint density at radius 3 is 2.06 bits per heavy atom. The average Bonchev–Trinajstić information content (AvgIpc) is 2.80. The van der Waals surface area contributed by atoms with Crippen LogP contribution in [0.15, 0.2) is 60.8 Å². The summed E-state index contributed by atoms with van der Waals surface area (Å²) in [6.45, 7) is 4.23. The summed E-state index contributed by atoms with van der Waals surface area (Å²) in [5.41, 5.74) is 0. The molecular formula is C28H47NO5S. The van der Waals surface area contributed by atoms with Crippen molar-refractivity contribution in [3.8, 4) is 0 Å². The minimum atomic E-state index is -4.34. The van der Waals surface area contributed by atoms with Crippen LogP contribution in [0.25, 0.3) is 0 Å². The summed E-state index contributed by atoms with van der Waals surface area (Å²) < 4.78 is 31.9. The van der Waals surface area contributed by atoms with E-state index in [4.69, 9.17) is 0 Å². The second-order valence-corrected chi connectivity index (χ2v) is 10.1.